The second-order valence-corrected chi connectivity index (χ2v) is 4.14. The summed E-state index contributed by atoms with van der Waals surface area (Å²) < 4.78 is 0. The topological polar surface area (TPSA) is 34.1 Å². The van der Waals surface area contributed by atoms with Crippen molar-refractivity contribution in [3.63, 3.8) is 0 Å². The molecule has 0 aliphatic heterocycles. The number of hydrogen-bond donors (Lipinski definition) is 0. The van der Waals surface area contributed by atoms with E-state index < -0.39 is 0 Å². The standard InChI is InChI=1S/C15H14O2/c1-11(16)13-9-5-6-10-14(13)15(17)12-7-3-2-4-8-12/h2-8,10,13H,9H2,1H3. The molecule has 1 aliphatic carbocycles. The molecule has 0 radical (unpaired) electrons. The first-order chi connectivity index (χ1) is 8.20. The van der Waals surface area contributed by atoms with Crippen LogP contribution < -0.4 is 0 Å². The summed E-state index contributed by atoms with van der Waals surface area (Å²) in [5.74, 6) is -0.285. The summed E-state index contributed by atoms with van der Waals surface area (Å²) in [6.45, 7) is 1.54. The van der Waals surface area contributed by atoms with Crippen LogP contribution in [0.5, 0.6) is 0 Å². The van der Waals surface area contributed by atoms with E-state index in [9.17, 15) is 9.59 Å². The Bertz CT molecular complexity index is 495. The van der Waals surface area contributed by atoms with Crippen molar-refractivity contribution >= 4 is 11.6 Å². The number of ketones is 2. The summed E-state index contributed by atoms with van der Waals surface area (Å²) in [5.41, 5.74) is 1.24. The highest BCUT2D eigenvalue weighted by molar-refractivity contribution is 6.12. The Labute approximate surface area is 101 Å². The molecular weight excluding hydrogens is 212 g/mol. The van der Waals surface area contributed by atoms with E-state index in [0.717, 1.165) is 0 Å². The zero-order valence-electron chi connectivity index (χ0n) is 9.72. The van der Waals surface area contributed by atoms with E-state index in [1.54, 1.807) is 18.2 Å². The van der Waals surface area contributed by atoms with E-state index >= 15 is 0 Å². The van der Waals surface area contributed by atoms with E-state index in [1.165, 1.54) is 6.92 Å². The maximum absolute atomic E-state index is 12.3. The van der Waals surface area contributed by atoms with Crippen LogP contribution in [0, 0.1) is 5.92 Å². The normalized spacial score (nSPS) is 18.6. The van der Waals surface area contributed by atoms with Gasteiger partial charge in [0.15, 0.2) is 5.78 Å². The summed E-state index contributed by atoms with van der Waals surface area (Å²) in [7, 11) is 0. The van der Waals surface area contributed by atoms with Gasteiger partial charge in [0.05, 0.1) is 0 Å². The third kappa shape index (κ3) is 2.41. The van der Waals surface area contributed by atoms with Crippen LogP contribution in [0.4, 0.5) is 0 Å². The van der Waals surface area contributed by atoms with Crippen LogP contribution in [0.2, 0.25) is 0 Å². The van der Waals surface area contributed by atoms with Gasteiger partial charge < -0.3 is 0 Å². The van der Waals surface area contributed by atoms with Crippen molar-refractivity contribution < 1.29 is 9.59 Å². The molecule has 0 N–H and O–H groups in total. The predicted octanol–water partition coefficient (Wildman–Crippen LogP) is 2.96. The summed E-state index contributed by atoms with van der Waals surface area (Å²) in [6, 6.07) is 9.08. The van der Waals surface area contributed by atoms with Crippen molar-refractivity contribution in [3.05, 3.63) is 59.7 Å². The zero-order chi connectivity index (χ0) is 12.3. The molecular formula is C15H14O2. The van der Waals surface area contributed by atoms with E-state index in [1.807, 2.05) is 30.4 Å². The third-order valence-electron chi connectivity index (χ3n) is 2.95. The summed E-state index contributed by atoms with van der Waals surface area (Å²) >= 11 is 0. The highest BCUT2D eigenvalue weighted by Crippen LogP contribution is 2.24. The molecule has 0 spiro atoms. The first kappa shape index (κ1) is 11.5. The van der Waals surface area contributed by atoms with Crippen molar-refractivity contribution in [1.29, 1.82) is 0 Å². The molecule has 0 bridgehead atoms. The minimum absolute atomic E-state index is 0.0462. The van der Waals surface area contributed by atoms with Crippen LogP contribution in [-0.2, 0) is 4.79 Å². The average molecular weight is 226 g/mol. The van der Waals surface area contributed by atoms with Crippen molar-refractivity contribution in [3.8, 4) is 0 Å². The largest absolute Gasteiger partial charge is 0.299 e. The van der Waals surface area contributed by atoms with Gasteiger partial charge in [-0.05, 0) is 13.3 Å². The quantitative estimate of drug-likeness (QED) is 0.742. The monoisotopic (exact) mass is 226 g/mol. The van der Waals surface area contributed by atoms with E-state index in [0.29, 0.717) is 17.6 Å². The number of benzene rings is 1. The number of allylic oxidation sites excluding steroid dienone is 4. The molecule has 86 valence electrons. The fourth-order valence-corrected chi connectivity index (χ4v) is 2.00. The predicted molar refractivity (Wildman–Crippen MR) is 66.8 cm³/mol. The molecule has 2 rings (SSSR count). The van der Waals surface area contributed by atoms with Crippen LogP contribution in [-0.4, -0.2) is 11.6 Å². The van der Waals surface area contributed by atoms with Crippen LogP contribution in [0.3, 0.4) is 0 Å². The van der Waals surface area contributed by atoms with Crippen LogP contribution in [0.1, 0.15) is 23.7 Å². The second kappa shape index (κ2) is 4.91. The van der Waals surface area contributed by atoms with Gasteiger partial charge in [-0.25, -0.2) is 0 Å². The molecule has 0 aromatic heterocycles. The van der Waals surface area contributed by atoms with Gasteiger partial charge >= 0.3 is 0 Å². The Kier molecular flexibility index (Phi) is 3.33. The van der Waals surface area contributed by atoms with Gasteiger partial charge in [-0.3, -0.25) is 9.59 Å². The molecule has 0 saturated carbocycles. The van der Waals surface area contributed by atoms with Crippen LogP contribution in [0.25, 0.3) is 0 Å². The number of carbonyl (C=O) groups is 2. The molecule has 2 nitrogen and oxygen atoms in total. The Hall–Kier alpha value is -1.96. The molecule has 0 amide bonds. The first-order valence-corrected chi connectivity index (χ1v) is 5.67. The lowest BCUT2D eigenvalue weighted by atomic mass is 9.84. The number of hydrogen-bond acceptors (Lipinski definition) is 2. The Morgan fingerprint density at radius 2 is 1.88 bits per heavy atom. The van der Waals surface area contributed by atoms with Gasteiger partial charge in [0.1, 0.15) is 5.78 Å². The Morgan fingerprint density at radius 1 is 1.18 bits per heavy atom. The van der Waals surface area contributed by atoms with Crippen molar-refractivity contribution in [2.45, 2.75) is 13.3 Å². The minimum Gasteiger partial charge on any atom is -0.299 e. The highest BCUT2D eigenvalue weighted by Gasteiger charge is 2.25. The summed E-state index contributed by atoms with van der Waals surface area (Å²) in [4.78, 5) is 23.8. The SMILES string of the molecule is CC(=O)C1CC=CC=C1C(=O)c1ccccc1. The van der Waals surface area contributed by atoms with Gasteiger partial charge in [0, 0.05) is 17.1 Å². The van der Waals surface area contributed by atoms with Crippen molar-refractivity contribution in [2.75, 3.05) is 0 Å². The van der Waals surface area contributed by atoms with Gasteiger partial charge in [-0.2, -0.15) is 0 Å². The molecule has 17 heavy (non-hydrogen) atoms. The Balaban J connectivity index is 2.33. The van der Waals surface area contributed by atoms with Crippen LogP contribution in [0.15, 0.2) is 54.1 Å². The second-order valence-electron chi connectivity index (χ2n) is 4.14. The maximum atomic E-state index is 12.3. The maximum Gasteiger partial charge on any atom is 0.189 e. The summed E-state index contributed by atoms with van der Waals surface area (Å²) in [6.07, 6.45) is 6.15. The van der Waals surface area contributed by atoms with Gasteiger partial charge in [0.25, 0.3) is 0 Å². The van der Waals surface area contributed by atoms with Gasteiger partial charge in [-0.1, -0.05) is 48.6 Å². The van der Waals surface area contributed by atoms with Crippen LogP contribution >= 0.6 is 0 Å². The first-order valence-electron chi connectivity index (χ1n) is 5.67. The number of Topliss-reactive ketones (excluding diaryl/α,β-unsaturated/α-hetero) is 2. The molecule has 1 aliphatic rings. The molecule has 0 fully saturated rings. The fourth-order valence-electron chi connectivity index (χ4n) is 2.00. The van der Waals surface area contributed by atoms with E-state index in [4.69, 9.17) is 0 Å². The highest BCUT2D eigenvalue weighted by atomic mass is 16.1. The van der Waals surface area contributed by atoms with Gasteiger partial charge in [0.2, 0.25) is 0 Å². The minimum atomic E-state index is -0.285. The average Bonchev–Trinajstić information content (AvgIpc) is 2.39. The molecule has 1 aromatic rings. The smallest absolute Gasteiger partial charge is 0.189 e. The lowest BCUT2D eigenvalue weighted by Crippen LogP contribution is -2.21. The number of rotatable bonds is 3. The van der Waals surface area contributed by atoms with E-state index in [2.05, 4.69) is 0 Å². The van der Waals surface area contributed by atoms with Crippen molar-refractivity contribution in [1.82, 2.24) is 0 Å². The van der Waals surface area contributed by atoms with Gasteiger partial charge in [-0.15, -0.1) is 0 Å². The molecule has 0 heterocycles. The lowest BCUT2D eigenvalue weighted by Gasteiger charge is -2.17. The van der Waals surface area contributed by atoms with Crippen molar-refractivity contribution in [2.24, 2.45) is 5.92 Å². The molecule has 1 atom stereocenters. The Morgan fingerprint density at radius 3 is 2.53 bits per heavy atom. The number of carbonyl (C=O) groups excluding carboxylic acids is 2. The lowest BCUT2D eigenvalue weighted by molar-refractivity contribution is -0.119. The molecule has 1 unspecified atom stereocenters. The molecule has 1 aromatic carbocycles. The third-order valence-corrected chi connectivity index (χ3v) is 2.95. The molecule has 0 saturated heterocycles. The summed E-state index contributed by atoms with van der Waals surface area (Å²) in [5, 5.41) is 0. The zero-order valence-corrected chi connectivity index (χ0v) is 9.72. The fraction of sp³-hybridized carbons (Fsp3) is 0.200. The van der Waals surface area contributed by atoms with E-state index in [-0.39, 0.29) is 17.5 Å². The molecule has 2 heteroatoms.